The van der Waals surface area contributed by atoms with E-state index in [9.17, 15) is 4.79 Å². The van der Waals surface area contributed by atoms with Crippen LogP contribution in [-0.2, 0) is 24.3 Å². The number of nitrogens with zero attached hydrogens (tertiary/aromatic N) is 3. The fraction of sp³-hybridized carbons (Fsp3) is 0.231. The van der Waals surface area contributed by atoms with Crippen LogP contribution in [0.4, 0.5) is 0 Å². The van der Waals surface area contributed by atoms with Crippen LogP contribution in [0.5, 0.6) is 0 Å². The van der Waals surface area contributed by atoms with E-state index in [1.165, 1.54) is 5.56 Å². The lowest BCUT2D eigenvalue weighted by Gasteiger charge is -2.23. The predicted molar refractivity (Wildman–Crippen MR) is 125 cm³/mol. The van der Waals surface area contributed by atoms with E-state index in [2.05, 4.69) is 22.8 Å². The molecule has 4 rings (SSSR count). The lowest BCUT2D eigenvalue weighted by atomic mass is 10.1. The monoisotopic (exact) mass is 412 g/mol. The van der Waals surface area contributed by atoms with Crippen molar-refractivity contribution in [3.05, 3.63) is 102 Å². The number of fused-ring (bicyclic) bond motifs is 1. The van der Waals surface area contributed by atoms with Gasteiger partial charge in [0.2, 0.25) is 5.91 Å². The van der Waals surface area contributed by atoms with Crippen LogP contribution in [0.3, 0.4) is 0 Å². The number of aromatic nitrogens is 2. The second-order valence-corrected chi connectivity index (χ2v) is 7.71. The van der Waals surface area contributed by atoms with E-state index in [1.807, 2.05) is 71.6 Å². The molecule has 5 heteroatoms. The van der Waals surface area contributed by atoms with Gasteiger partial charge in [-0.1, -0.05) is 72.8 Å². The molecule has 0 atom stereocenters. The van der Waals surface area contributed by atoms with Crippen molar-refractivity contribution in [3.8, 4) is 0 Å². The average Bonchev–Trinajstić information content (AvgIpc) is 3.15. The average molecular weight is 413 g/mol. The van der Waals surface area contributed by atoms with Crippen LogP contribution in [0.25, 0.3) is 11.0 Å². The highest BCUT2D eigenvalue weighted by Crippen LogP contribution is 2.20. The third-order valence-electron chi connectivity index (χ3n) is 5.43. The summed E-state index contributed by atoms with van der Waals surface area (Å²) in [6.07, 6.45) is 1.14. The second-order valence-electron chi connectivity index (χ2n) is 7.71. The Morgan fingerprint density at radius 3 is 2.23 bits per heavy atom. The largest absolute Gasteiger partial charge is 0.335 e. The van der Waals surface area contributed by atoms with Gasteiger partial charge >= 0.3 is 0 Å². The van der Waals surface area contributed by atoms with E-state index in [0.29, 0.717) is 32.6 Å². The van der Waals surface area contributed by atoms with Gasteiger partial charge in [0.15, 0.2) is 0 Å². The fourth-order valence-corrected chi connectivity index (χ4v) is 3.82. The Morgan fingerprint density at radius 2 is 1.52 bits per heavy atom. The maximum atomic E-state index is 13.2. The van der Waals surface area contributed by atoms with Crippen LogP contribution < -0.4 is 5.73 Å². The number of hydrogen-bond acceptors (Lipinski definition) is 3. The third kappa shape index (κ3) is 5.19. The number of carbonyl (C=O) groups is 1. The SMILES string of the molecule is NCCCN(Cc1nc2ccccc2n1Cc1ccccc1)C(=O)Cc1ccccc1. The van der Waals surface area contributed by atoms with Crippen molar-refractivity contribution in [3.63, 3.8) is 0 Å². The molecule has 3 aromatic carbocycles. The molecule has 5 nitrogen and oxygen atoms in total. The zero-order valence-corrected chi connectivity index (χ0v) is 17.7. The molecule has 0 bridgehead atoms. The predicted octanol–water partition coefficient (Wildman–Crippen LogP) is 4.00. The highest BCUT2D eigenvalue weighted by Gasteiger charge is 2.19. The maximum absolute atomic E-state index is 13.2. The minimum absolute atomic E-state index is 0.0953. The van der Waals surface area contributed by atoms with E-state index >= 15 is 0 Å². The molecule has 0 spiro atoms. The summed E-state index contributed by atoms with van der Waals surface area (Å²) < 4.78 is 2.22. The summed E-state index contributed by atoms with van der Waals surface area (Å²) in [5.41, 5.74) is 10.0. The van der Waals surface area contributed by atoms with Gasteiger partial charge in [-0.15, -0.1) is 0 Å². The molecular weight excluding hydrogens is 384 g/mol. The summed E-state index contributed by atoms with van der Waals surface area (Å²) in [6, 6.07) is 28.4. The summed E-state index contributed by atoms with van der Waals surface area (Å²) in [5.74, 6) is 0.987. The normalized spacial score (nSPS) is 11.0. The van der Waals surface area contributed by atoms with Gasteiger partial charge in [0.05, 0.1) is 24.0 Å². The first-order valence-electron chi connectivity index (χ1n) is 10.7. The van der Waals surface area contributed by atoms with Gasteiger partial charge in [-0.05, 0) is 36.2 Å². The smallest absolute Gasteiger partial charge is 0.227 e. The number of carbonyl (C=O) groups excluding carboxylic acids is 1. The molecule has 1 aromatic heterocycles. The molecule has 0 unspecified atom stereocenters. The topological polar surface area (TPSA) is 64.2 Å². The lowest BCUT2D eigenvalue weighted by molar-refractivity contribution is -0.131. The Morgan fingerprint density at radius 1 is 0.871 bits per heavy atom. The first-order valence-corrected chi connectivity index (χ1v) is 10.7. The van der Waals surface area contributed by atoms with Crippen LogP contribution in [0, 0.1) is 0 Å². The highest BCUT2D eigenvalue weighted by atomic mass is 16.2. The number of rotatable bonds is 9. The van der Waals surface area contributed by atoms with Crippen LogP contribution in [0.2, 0.25) is 0 Å². The first-order chi connectivity index (χ1) is 15.2. The van der Waals surface area contributed by atoms with E-state index in [4.69, 9.17) is 10.7 Å². The quantitative estimate of drug-likeness (QED) is 0.452. The highest BCUT2D eigenvalue weighted by molar-refractivity contribution is 5.79. The minimum atomic E-state index is 0.0953. The lowest BCUT2D eigenvalue weighted by Crippen LogP contribution is -2.34. The first kappa shape index (κ1) is 20.8. The maximum Gasteiger partial charge on any atom is 0.227 e. The Bertz CT molecular complexity index is 1120. The molecule has 1 amide bonds. The third-order valence-corrected chi connectivity index (χ3v) is 5.43. The second kappa shape index (κ2) is 10.0. The van der Waals surface area contributed by atoms with Gasteiger partial charge in [-0.25, -0.2) is 4.98 Å². The summed E-state index contributed by atoms with van der Waals surface area (Å²) >= 11 is 0. The zero-order valence-electron chi connectivity index (χ0n) is 17.7. The Hall–Kier alpha value is -3.44. The summed E-state index contributed by atoms with van der Waals surface area (Å²) in [5, 5.41) is 0. The van der Waals surface area contributed by atoms with E-state index in [-0.39, 0.29) is 5.91 Å². The summed E-state index contributed by atoms with van der Waals surface area (Å²) in [4.78, 5) is 19.9. The number of hydrogen-bond donors (Lipinski definition) is 1. The van der Waals surface area contributed by atoms with Crippen molar-refractivity contribution in [1.29, 1.82) is 0 Å². The number of benzene rings is 3. The standard InChI is InChI=1S/C26H28N4O/c27-16-9-17-29(26(31)18-21-10-3-1-4-11-21)20-25-28-23-14-7-8-15-24(23)30(25)19-22-12-5-2-6-13-22/h1-8,10-15H,9,16-20,27H2. The van der Waals surface area contributed by atoms with Crippen LogP contribution in [-0.4, -0.2) is 33.4 Å². The van der Waals surface area contributed by atoms with Gasteiger partial charge in [0.25, 0.3) is 0 Å². The van der Waals surface area contributed by atoms with Crippen molar-refractivity contribution < 1.29 is 4.79 Å². The summed E-state index contributed by atoms with van der Waals surface area (Å²) in [7, 11) is 0. The molecule has 2 N–H and O–H groups in total. The molecule has 4 aromatic rings. The Balaban J connectivity index is 1.63. The molecule has 0 aliphatic heterocycles. The molecule has 158 valence electrons. The van der Waals surface area contributed by atoms with Gasteiger partial charge in [0, 0.05) is 13.1 Å². The summed E-state index contributed by atoms with van der Waals surface area (Å²) in [6.45, 7) is 2.35. The number of para-hydroxylation sites is 2. The van der Waals surface area contributed by atoms with E-state index in [1.54, 1.807) is 0 Å². The minimum Gasteiger partial charge on any atom is -0.335 e. The van der Waals surface area contributed by atoms with Crippen molar-refractivity contribution in [2.24, 2.45) is 5.73 Å². The van der Waals surface area contributed by atoms with Gasteiger partial charge in [-0.3, -0.25) is 4.79 Å². The van der Waals surface area contributed by atoms with E-state index < -0.39 is 0 Å². The van der Waals surface area contributed by atoms with Gasteiger partial charge in [-0.2, -0.15) is 0 Å². The van der Waals surface area contributed by atoms with Crippen molar-refractivity contribution in [1.82, 2.24) is 14.5 Å². The molecule has 0 fully saturated rings. The molecule has 0 saturated heterocycles. The van der Waals surface area contributed by atoms with Crippen molar-refractivity contribution >= 4 is 16.9 Å². The Kier molecular flexibility index (Phi) is 6.75. The van der Waals surface area contributed by atoms with Crippen molar-refractivity contribution in [2.75, 3.05) is 13.1 Å². The van der Waals surface area contributed by atoms with Crippen molar-refractivity contribution in [2.45, 2.75) is 25.9 Å². The zero-order chi connectivity index (χ0) is 21.5. The Labute approximate surface area is 183 Å². The van der Waals surface area contributed by atoms with Gasteiger partial charge in [0.1, 0.15) is 5.82 Å². The molecule has 0 saturated carbocycles. The molecular formula is C26H28N4O. The van der Waals surface area contributed by atoms with Crippen LogP contribution in [0.15, 0.2) is 84.9 Å². The molecule has 0 aliphatic carbocycles. The number of amides is 1. The number of imidazole rings is 1. The van der Waals surface area contributed by atoms with Crippen LogP contribution >= 0.6 is 0 Å². The van der Waals surface area contributed by atoms with Gasteiger partial charge < -0.3 is 15.2 Å². The van der Waals surface area contributed by atoms with E-state index in [0.717, 1.165) is 28.8 Å². The molecule has 31 heavy (non-hydrogen) atoms. The molecule has 1 heterocycles. The molecule has 0 aliphatic rings. The fourth-order valence-electron chi connectivity index (χ4n) is 3.82. The number of nitrogens with two attached hydrogens (primary N) is 1. The molecule has 0 radical (unpaired) electrons. The van der Waals surface area contributed by atoms with Crippen LogP contribution in [0.1, 0.15) is 23.4 Å².